The molecule has 0 atom stereocenters. The van der Waals surface area contributed by atoms with Crippen LogP contribution in [0.5, 0.6) is 0 Å². The van der Waals surface area contributed by atoms with Gasteiger partial charge in [-0.3, -0.25) is 4.98 Å². The third kappa shape index (κ3) is 5.13. The lowest BCUT2D eigenvalue weighted by atomic mass is 9.94. The quantitative estimate of drug-likeness (QED) is 0.174. The number of hydrogen-bond acceptors (Lipinski definition) is 4. The van der Waals surface area contributed by atoms with Crippen LogP contribution in [0.2, 0.25) is 0 Å². The van der Waals surface area contributed by atoms with Gasteiger partial charge in [0, 0.05) is 39.0 Å². The fourth-order valence-corrected chi connectivity index (χ4v) is 7.16. The molecule has 51 heavy (non-hydrogen) atoms. The van der Waals surface area contributed by atoms with Crippen molar-refractivity contribution < 1.29 is 4.42 Å². The summed E-state index contributed by atoms with van der Waals surface area (Å²) in [5.41, 5.74) is 11.7. The second-order valence-corrected chi connectivity index (χ2v) is 12.8. The standard InChI is InChI=1S/C47H29N3O/c1-3-10-30(11-4-1)31-17-20-33(21-18-31)43-29-44(50-47(49-43)34-12-5-2-6-13-34)41-28-36(27-40-38-14-7-8-16-45(38)51-46(40)41)35-22-19-32-23-24-42-37(39(32)26-35)15-9-25-48-42/h1-29H. The van der Waals surface area contributed by atoms with Crippen molar-refractivity contribution in [2.45, 2.75) is 0 Å². The average molecular weight is 652 g/mol. The third-order valence-electron chi connectivity index (χ3n) is 9.74. The average Bonchev–Trinajstić information content (AvgIpc) is 3.59. The van der Waals surface area contributed by atoms with Crippen LogP contribution >= 0.6 is 0 Å². The Morgan fingerprint density at radius 1 is 0.392 bits per heavy atom. The van der Waals surface area contributed by atoms with E-state index >= 15 is 0 Å². The molecule has 0 aliphatic rings. The summed E-state index contributed by atoms with van der Waals surface area (Å²) in [7, 11) is 0. The molecule has 10 aromatic rings. The zero-order valence-corrected chi connectivity index (χ0v) is 27.5. The number of hydrogen-bond donors (Lipinski definition) is 0. The van der Waals surface area contributed by atoms with Crippen LogP contribution in [0.1, 0.15) is 0 Å². The summed E-state index contributed by atoms with van der Waals surface area (Å²) >= 11 is 0. The normalized spacial score (nSPS) is 11.5. The molecule has 0 fully saturated rings. The van der Waals surface area contributed by atoms with Gasteiger partial charge in [0.2, 0.25) is 0 Å². The number of fused-ring (bicyclic) bond motifs is 6. The van der Waals surface area contributed by atoms with Crippen LogP contribution in [-0.2, 0) is 0 Å². The van der Waals surface area contributed by atoms with Crippen LogP contribution in [0.4, 0.5) is 0 Å². The van der Waals surface area contributed by atoms with Gasteiger partial charge in [-0.15, -0.1) is 0 Å². The molecule has 0 saturated carbocycles. The lowest BCUT2D eigenvalue weighted by Crippen LogP contribution is -1.96. The molecule has 10 rings (SSSR count). The summed E-state index contributed by atoms with van der Waals surface area (Å²) in [5.74, 6) is 0.662. The molecule has 3 heterocycles. The zero-order valence-electron chi connectivity index (χ0n) is 27.5. The highest BCUT2D eigenvalue weighted by Gasteiger charge is 2.19. The Kier molecular flexibility index (Phi) is 6.78. The number of aromatic nitrogens is 3. The summed E-state index contributed by atoms with van der Waals surface area (Å²) in [5, 5.41) is 5.61. The number of pyridine rings is 1. The Morgan fingerprint density at radius 3 is 1.88 bits per heavy atom. The summed E-state index contributed by atoms with van der Waals surface area (Å²) < 4.78 is 6.64. The van der Waals surface area contributed by atoms with E-state index in [2.05, 4.69) is 132 Å². The minimum absolute atomic E-state index is 0.662. The van der Waals surface area contributed by atoms with E-state index in [-0.39, 0.29) is 0 Å². The Hall–Kier alpha value is -6.91. The van der Waals surface area contributed by atoms with Gasteiger partial charge in [0.1, 0.15) is 11.2 Å². The van der Waals surface area contributed by atoms with E-state index < -0.39 is 0 Å². The molecule has 7 aromatic carbocycles. The molecule has 4 nitrogen and oxygen atoms in total. The predicted octanol–water partition coefficient (Wildman–Crippen LogP) is 12.4. The molecule has 0 saturated heterocycles. The fraction of sp³-hybridized carbons (Fsp3) is 0. The van der Waals surface area contributed by atoms with Crippen LogP contribution in [0, 0.1) is 0 Å². The lowest BCUT2D eigenvalue weighted by molar-refractivity contribution is 0.670. The minimum Gasteiger partial charge on any atom is -0.455 e. The summed E-state index contributed by atoms with van der Waals surface area (Å²) in [4.78, 5) is 15.0. The van der Waals surface area contributed by atoms with E-state index in [0.29, 0.717) is 5.82 Å². The molecule has 0 radical (unpaired) electrons. The highest BCUT2D eigenvalue weighted by molar-refractivity contribution is 6.12. The molecule has 4 heteroatoms. The molecular formula is C47H29N3O. The van der Waals surface area contributed by atoms with Crippen molar-refractivity contribution >= 4 is 43.6 Å². The second-order valence-electron chi connectivity index (χ2n) is 12.8. The highest BCUT2D eigenvalue weighted by atomic mass is 16.3. The Bertz CT molecular complexity index is 2900. The fourth-order valence-electron chi connectivity index (χ4n) is 7.16. The Morgan fingerprint density at radius 2 is 1.04 bits per heavy atom. The van der Waals surface area contributed by atoms with E-state index in [1.165, 1.54) is 16.3 Å². The van der Waals surface area contributed by atoms with Crippen molar-refractivity contribution in [3.8, 4) is 56.2 Å². The monoisotopic (exact) mass is 651 g/mol. The molecular weight excluding hydrogens is 623 g/mol. The highest BCUT2D eigenvalue weighted by Crippen LogP contribution is 2.41. The van der Waals surface area contributed by atoms with Crippen LogP contribution in [0.15, 0.2) is 180 Å². The van der Waals surface area contributed by atoms with Gasteiger partial charge < -0.3 is 4.42 Å². The number of para-hydroxylation sites is 1. The van der Waals surface area contributed by atoms with Crippen LogP contribution in [-0.4, -0.2) is 15.0 Å². The predicted molar refractivity (Wildman–Crippen MR) is 209 cm³/mol. The Balaban J connectivity index is 1.20. The van der Waals surface area contributed by atoms with Gasteiger partial charge in [-0.2, -0.15) is 0 Å². The van der Waals surface area contributed by atoms with Crippen LogP contribution in [0.25, 0.3) is 99.8 Å². The van der Waals surface area contributed by atoms with E-state index in [1.54, 1.807) is 0 Å². The second kappa shape index (κ2) is 11.9. The minimum atomic E-state index is 0.662. The molecule has 0 aliphatic heterocycles. The van der Waals surface area contributed by atoms with Gasteiger partial charge in [-0.1, -0.05) is 127 Å². The van der Waals surface area contributed by atoms with E-state index in [9.17, 15) is 0 Å². The lowest BCUT2D eigenvalue weighted by Gasteiger charge is -2.12. The van der Waals surface area contributed by atoms with Crippen molar-refractivity contribution in [1.82, 2.24) is 15.0 Å². The molecule has 0 unspecified atom stereocenters. The summed E-state index contributed by atoms with van der Waals surface area (Å²) in [6, 6.07) is 59.1. The van der Waals surface area contributed by atoms with Crippen molar-refractivity contribution in [3.05, 3.63) is 176 Å². The summed E-state index contributed by atoms with van der Waals surface area (Å²) in [6.45, 7) is 0. The third-order valence-corrected chi connectivity index (χ3v) is 9.74. The zero-order chi connectivity index (χ0) is 33.7. The van der Waals surface area contributed by atoms with E-state index in [1.807, 2.05) is 48.7 Å². The topological polar surface area (TPSA) is 51.8 Å². The van der Waals surface area contributed by atoms with E-state index in [4.69, 9.17) is 14.4 Å². The first-order valence-electron chi connectivity index (χ1n) is 17.1. The number of furan rings is 1. The van der Waals surface area contributed by atoms with Gasteiger partial charge in [0.25, 0.3) is 0 Å². The molecule has 0 bridgehead atoms. The van der Waals surface area contributed by atoms with Gasteiger partial charge in [0.05, 0.1) is 16.9 Å². The van der Waals surface area contributed by atoms with Crippen molar-refractivity contribution in [3.63, 3.8) is 0 Å². The van der Waals surface area contributed by atoms with Crippen molar-refractivity contribution in [1.29, 1.82) is 0 Å². The van der Waals surface area contributed by atoms with Gasteiger partial charge in [-0.05, 0) is 75.5 Å². The molecule has 0 amide bonds. The van der Waals surface area contributed by atoms with Crippen LogP contribution < -0.4 is 0 Å². The first-order chi connectivity index (χ1) is 25.2. The maximum Gasteiger partial charge on any atom is 0.160 e. The maximum absolute atomic E-state index is 6.64. The number of benzene rings is 7. The molecule has 0 spiro atoms. The van der Waals surface area contributed by atoms with Gasteiger partial charge in [-0.25, -0.2) is 9.97 Å². The van der Waals surface area contributed by atoms with Gasteiger partial charge in [0.15, 0.2) is 5.82 Å². The van der Waals surface area contributed by atoms with Crippen molar-refractivity contribution in [2.75, 3.05) is 0 Å². The van der Waals surface area contributed by atoms with Crippen LogP contribution in [0.3, 0.4) is 0 Å². The number of nitrogens with zero attached hydrogens (tertiary/aromatic N) is 3. The number of rotatable bonds is 5. The first kappa shape index (κ1) is 29.0. The molecule has 238 valence electrons. The molecule has 0 N–H and O–H groups in total. The van der Waals surface area contributed by atoms with Gasteiger partial charge >= 0.3 is 0 Å². The van der Waals surface area contributed by atoms with E-state index in [0.717, 1.165) is 77.6 Å². The maximum atomic E-state index is 6.64. The SMILES string of the molecule is c1ccc(-c2ccc(-c3cc(-c4cc(-c5ccc6ccc7ncccc7c6c5)cc5c4oc4ccccc45)nc(-c4ccccc4)n3)cc2)cc1. The molecule has 0 aliphatic carbocycles. The summed E-state index contributed by atoms with van der Waals surface area (Å²) in [6.07, 6.45) is 1.85. The largest absolute Gasteiger partial charge is 0.455 e. The first-order valence-corrected chi connectivity index (χ1v) is 17.1. The Labute approximate surface area is 294 Å². The van der Waals surface area contributed by atoms with Crippen molar-refractivity contribution in [2.24, 2.45) is 0 Å². The smallest absolute Gasteiger partial charge is 0.160 e. The molecule has 3 aromatic heterocycles.